The number of ether oxygens (including phenoxy) is 1. The van der Waals surface area contributed by atoms with Crippen molar-refractivity contribution >= 4 is 44.2 Å². The Balaban J connectivity index is 1.38. The molecule has 3 aromatic heterocycles. The highest BCUT2D eigenvalue weighted by Crippen LogP contribution is 2.28. The van der Waals surface area contributed by atoms with Gasteiger partial charge >= 0.3 is 0 Å². The van der Waals surface area contributed by atoms with Crippen molar-refractivity contribution in [1.29, 1.82) is 0 Å². The van der Waals surface area contributed by atoms with Gasteiger partial charge in [0.1, 0.15) is 0 Å². The van der Waals surface area contributed by atoms with E-state index in [2.05, 4.69) is 46.2 Å². The Morgan fingerprint density at radius 1 is 1.06 bits per heavy atom. The second-order valence-corrected chi connectivity index (χ2v) is 9.74. The summed E-state index contributed by atoms with van der Waals surface area (Å²) >= 11 is 0. The molecular formula is C22H22N8O4S. The molecule has 13 heteroatoms. The Morgan fingerprint density at radius 3 is 2.57 bits per heavy atom. The van der Waals surface area contributed by atoms with Gasteiger partial charge in [-0.3, -0.25) is 19.6 Å². The molecule has 1 fully saturated rings. The molecule has 1 aliphatic heterocycles. The van der Waals surface area contributed by atoms with Crippen LogP contribution < -0.4 is 14.9 Å². The summed E-state index contributed by atoms with van der Waals surface area (Å²) in [5.41, 5.74) is 4.05. The standard InChI is InChI=1S/C22H22N8O4S/c1-35(32,33)29-22-24-11-16(12-25-22)26-21(31)20-18-9-14(2-3-19(18)27-28-20)15-8-17(13-23-10-15)30-4-6-34-7-5-30/h2-3,8-13H,4-7H2,1H3,(H,26,31)(H,27,28)(H,24,25,29). The number of amides is 1. The fraction of sp³-hybridized carbons (Fsp3) is 0.227. The van der Waals surface area contributed by atoms with E-state index in [1.54, 1.807) is 6.20 Å². The summed E-state index contributed by atoms with van der Waals surface area (Å²) in [6, 6.07) is 7.78. The number of hydrogen-bond donors (Lipinski definition) is 3. The van der Waals surface area contributed by atoms with Crippen molar-refractivity contribution in [2.45, 2.75) is 0 Å². The molecule has 1 saturated heterocycles. The Morgan fingerprint density at radius 2 is 1.83 bits per heavy atom. The van der Waals surface area contributed by atoms with Gasteiger partial charge in [-0.2, -0.15) is 5.10 Å². The van der Waals surface area contributed by atoms with Crippen molar-refractivity contribution in [3.8, 4) is 11.1 Å². The van der Waals surface area contributed by atoms with Gasteiger partial charge in [0.05, 0.1) is 55.0 Å². The number of H-pyrrole nitrogens is 1. The number of aromatic amines is 1. The predicted molar refractivity (Wildman–Crippen MR) is 131 cm³/mol. The van der Waals surface area contributed by atoms with Gasteiger partial charge in [0.25, 0.3) is 5.91 Å². The van der Waals surface area contributed by atoms with Gasteiger partial charge in [-0.25, -0.2) is 18.4 Å². The van der Waals surface area contributed by atoms with Gasteiger partial charge < -0.3 is 15.0 Å². The highest BCUT2D eigenvalue weighted by Gasteiger charge is 2.17. The third-order valence-electron chi connectivity index (χ3n) is 5.40. The van der Waals surface area contributed by atoms with Crippen molar-refractivity contribution in [3.63, 3.8) is 0 Å². The fourth-order valence-corrected chi connectivity index (χ4v) is 4.19. The van der Waals surface area contributed by atoms with Crippen LogP contribution in [0.5, 0.6) is 0 Å². The molecule has 35 heavy (non-hydrogen) atoms. The van der Waals surface area contributed by atoms with E-state index >= 15 is 0 Å². The minimum absolute atomic E-state index is 0.0896. The van der Waals surface area contributed by atoms with Gasteiger partial charge in [-0.05, 0) is 23.8 Å². The van der Waals surface area contributed by atoms with Crippen molar-refractivity contribution in [2.24, 2.45) is 0 Å². The first-order chi connectivity index (χ1) is 16.9. The number of fused-ring (bicyclic) bond motifs is 1. The summed E-state index contributed by atoms with van der Waals surface area (Å²) < 4.78 is 30.2. The lowest BCUT2D eigenvalue weighted by Gasteiger charge is -2.28. The Bertz CT molecular complexity index is 1480. The molecule has 0 bridgehead atoms. The second kappa shape index (κ2) is 9.27. The maximum absolute atomic E-state index is 12.9. The Kier molecular flexibility index (Phi) is 6.01. The number of aromatic nitrogens is 5. The number of morpholine rings is 1. The van der Waals surface area contributed by atoms with Gasteiger partial charge in [0.15, 0.2) is 5.69 Å². The molecule has 0 aliphatic carbocycles. The average Bonchev–Trinajstić information content (AvgIpc) is 3.28. The van der Waals surface area contributed by atoms with E-state index in [9.17, 15) is 13.2 Å². The largest absolute Gasteiger partial charge is 0.378 e. The van der Waals surface area contributed by atoms with Crippen molar-refractivity contribution in [3.05, 3.63) is 54.7 Å². The minimum atomic E-state index is -3.50. The molecular weight excluding hydrogens is 472 g/mol. The summed E-state index contributed by atoms with van der Waals surface area (Å²) in [7, 11) is -3.50. The molecule has 0 saturated carbocycles. The maximum Gasteiger partial charge on any atom is 0.276 e. The van der Waals surface area contributed by atoms with E-state index in [1.165, 1.54) is 12.4 Å². The summed E-state index contributed by atoms with van der Waals surface area (Å²) in [5.74, 6) is -0.547. The van der Waals surface area contributed by atoms with Crippen LogP contribution in [0.1, 0.15) is 10.5 Å². The molecule has 0 atom stereocenters. The Hall–Kier alpha value is -4.10. The fourth-order valence-electron chi connectivity index (χ4n) is 3.75. The van der Waals surface area contributed by atoms with Crippen LogP contribution in [0.4, 0.5) is 17.3 Å². The number of nitrogens with zero attached hydrogens (tertiary/aromatic N) is 5. The average molecular weight is 495 g/mol. The zero-order valence-corrected chi connectivity index (χ0v) is 19.5. The van der Waals surface area contributed by atoms with Crippen LogP contribution in [0, 0.1) is 0 Å². The highest BCUT2D eigenvalue weighted by molar-refractivity contribution is 7.91. The van der Waals surface area contributed by atoms with E-state index < -0.39 is 15.9 Å². The second-order valence-electron chi connectivity index (χ2n) is 7.99. The van der Waals surface area contributed by atoms with Crippen LogP contribution in [0.25, 0.3) is 22.0 Å². The SMILES string of the molecule is CS(=O)(=O)Nc1ncc(NC(=O)c2n[nH]c3ccc(-c4cncc(N5CCOCC5)c4)cc23)cn1. The van der Waals surface area contributed by atoms with E-state index in [1.807, 2.05) is 24.4 Å². The topological polar surface area (TPSA) is 155 Å². The van der Waals surface area contributed by atoms with Gasteiger partial charge in [0.2, 0.25) is 16.0 Å². The zero-order valence-electron chi connectivity index (χ0n) is 18.7. The third kappa shape index (κ3) is 5.20. The molecule has 0 unspecified atom stereocenters. The van der Waals surface area contributed by atoms with Crippen LogP contribution in [0.2, 0.25) is 0 Å². The number of benzene rings is 1. The van der Waals surface area contributed by atoms with Crippen LogP contribution in [-0.2, 0) is 14.8 Å². The first kappa shape index (κ1) is 22.7. The number of carbonyl (C=O) groups is 1. The number of nitrogens with one attached hydrogen (secondary N) is 3. The maximum atomic E-state index is 12.9. The molecule has 5 rings (SSSR count). The predicted octanol–water partition coefficient (Wildman–Crippen LogP) is 1.88. The molecule has 1 amide bonds. The smallest absolute Gasteiger partial charge is 0.276 e. The molecule has 0 spiro atoms. The van der Waals surface area contributed by atoms with Gasteiger partial charge in [0, 0.05) is 30.2 Å². The van der Waals surface area contributed by atoms with Gasteiger partial charge in [-0.1, -0.05) is 6.07 Å². The van der Waals surface area contributed by atoms with Crippen LogP contribution >= 0.6 is 0 Å². The lowest BCUT2D eigenvalue weighted by atomic mass is 10.0. The highest BCUT2D eigenvalue weighted by atomic mass is 32.2. The lowest BCUT2D eigenvalue weighted by Crippen LogP contribution is -2.36. The molecule has 1 aliphatic rings. The first-order valence-corrected chi connectivity index (χ1v) is 12.6. The van der Waals surface area contributed by atoms with E-state index in [0.717, 1.165) is 36.2 Å². The number of hydrogen-bond acceptors (Lipinski definition) is 9. The molecule has 1 aromatic carbocycles. The number of sulfonamides is 1. The van der Waals surface area contributed by atoms with Gasteiger partial charge in [-0.15, -0.1) is 0 Å². The van der Waals surface area contributed by atoms with Crippen molar-refractivity contribution < 1.29 is 17.9 Å². The molecule has 4 heterocycles. The summed E-state index contributed by atoms with van der Waals surface area (Å²) in [4.78, 5) is 27.4. The number of anilines is 3. The summed E-state index contributed by atoms with van der Waals surface area (Å²) in [6.07, 6.45) is 7.23. The monoisotopic (exact) mass is 494 g/mol. The van der Waals surface area contributed by atoms with E-state index in [-0.39, 0.29) is 11.6 Å². The minimum Gasteiger partial charge on any atom is -0.378 e. The first-order valence-electron chi connectivity index (χ1n) is 10.7. The van der Waals surface area contributed by atoms with Crippen LogP contribution in [-0.4, -0.2) is 72.0 Å². The zero-order chi connectivity index (χ0) is 24.4. The molecule has 12 nitrogen and oxygen atoms in total. The molecule has 180 valence electrons. The molecule has 4 aromatic rings. The van der Waals surface area contributed by atoms with E-state index in [0.29, 0.717) is 29.8 Å². The third-order valence-corrected chi connectivity index (χ3v) is 5.95. The van der Waals surface area contributed by atoms with Crippen LogP contribution in [0.15, 0.2) is 49.1 Å². The lowest BCUT2D eigenvalue weighted by molar-refractivity contribution is 0.102. The molecule has 3 N–H and O–H groups in total. The quantitative estimate of drug-likeness (QED) is 0.364. The Labute approximate surface area is 200 Å². The van der Waals surface area contributed by atoms with Crippen LogP contribution in [0.3, 0.4) is 0 Å². The normalized spacial score (nSPS) is 14.1. The summed E-state index contributed by atoms with van der Waals surface area (Å²) in [6.45, 7) is 2.99. The number of rotatable bonds is 6. The summed E-state index contributed by atoms with van der Waals surface area (Å²) in [5, 5.41) is 10.4. The van der Waals surface area contributed by atoms with E-state index in [4.69, 9.17) is 4.74 Å². The molecule has 0 radical (unpaired) electrons. The van der Waals surface area contributed by atoms with Crippen molar-refractivity contribution in [2.75, 3.05) is 47.5 Å². The number of pyridine rings is 1. The van der Waals surface area contributed by atoms with Crippen molar-refractivity contribution in [1.82, 2.24) is 25.1 Å². The number of carbonyl (C=O) groups excluding carboxylic acids is 1.